The summed E-state index contributed by atoms with van der Waals surface area (Å²) < 4.78 is 27.3. The third-order valence-corrected chi connectivity index (χ3v) is 6.92. The van der Waals surface area contributed by atoms with Crippen LogP contribution in [0, 0.1) is 27.9 Å². The van der Waals surface area contributed by atoms with E-state index in [1.807, 2.05) is 27.7 Å². The molecular formula is C28H34N2O10. The second kappa shape index (κ2) is 13.7. The number of nitrogens with zero attached hydrogens (tertiary/aromatic N) is 1. The van der Waals surface area contributed by atoms with Gasteiger partial charge in [-0.25, -0.2) is 9.59 Å². The van der Waals surface area contributed by atoms with Gasteiger partial charge in [0, 0.05) is 24.5 Å². The first-order chi connectivity index (χ1) is 19.0. The Hall–Kier alpha value is -4.19. The number of amides is 1. The number of rotatable bonds is 10. The maximum absolute atomic E-state index is 12.4. The molecule has 216 valence electrons. The number of carbonyl (C=O) groups is 3. The molecule has 0 bridgehead atoms. The van der Waals surface area contributed by atoms with Crippen molar-refractivity contribution in [1.82, 2.24) is 0 Å². The van der Waals surface area contributed by atoms with Gasteiger partial charge >= 0.3 is 12.1 Å². The molecule has 1 N–H and O–H groups in total. The zero-order chi connectivity index (χ0) is 29.4. The molecule has 1 amide bonds. The molecule has 1 aliphatic heterocycles. The molecule has 0 unspecified atom stereocenters. The molecule has 0 radical (unpaired) electrons. The number of nitro benzene ring substituents is 1. The third-order valence-electron chi connectivity index (χ3n) is 6.92. The summed E-state index contributed by atoms with van der Waals surface area (Å²) in [6.07, 6.45) is -1.66. The minimum Gasteiger partial charge on any atom is -0.467 e. The molecular weight excluding hydrogens is 524 g/mol. The number of non-ortho nitro benzene ring substituents is 1. The topological polar surface area (TPSA) is 153 Å². The van der Waals surface area contributed by atoms with Crippen LogP contribution in [0.1, 0.15) is 46.1 Å². The SMILES string of the molecule is CCCC(=O)Nc1cc(COC(=O)Oc2ccc([N+](=O)[O-])cc2)ccc1O[C@H]1O[C@H](C(=O)OC)[C@@H](C)[C@H](C)[C@H]1C. The fourth-order valence-corrected chi connectivity index (χ4v) is 4.25. The molecule has 12 nitrogen and oxygen atoms in total. The van der Waals surface area contributed by atoms with Crippen molar-refractivity contribution in [2.75, 3.05) is 12.4 Å². The molecule has 0 saturated carbocycles. The van der Waals surface area contributed by atoms with Gasteiger partial charge in [0.25, 0.3) is 5.69 Å². The van der Waals surface area contributed by atoms with E-state index in [0.29, 0.717) is 23.4 Å². The summed E-state index contributed by atoms with van der Waals surface area (Å²) in [4.78, 5) is 47.1. The molecule has 0 aliphatic carbocycles. The maximum Gasteiger partial charge on any atom is 0.514 e. The molecule has 12 heteroatoms. The van der Waals surface area contributed by atoms with Crippen molar-refractivity contribution in [3.63, 3.8) is 0 Å². The molecule has 5 atom stereocenters. The van der Waals surface area contributed by atoms with Crippen LogP contribution >= 0.6 is 0 Å². The van der Waals surface area contributed by atoms with Gasteiger partial charge in [0.2, 0.25) is 12.2 Å². The molecule has 0 aromatic heterocycles. The molecule has 3 rings (SSSR count). The molecule has 1 saturated heterocycles. The first-order valence-electron chi connectivity index (χ1n) is 13.0. The van der Waals surface area contributed by atoms with Gasteiger partial charge in [0.05, 0.1) is 17.7 Å². The first kappa shape index (κ1) is 30.4. The van der Waals surface area contributed by atoms with E-state index >= 15 is 0 Å². The van der Waals surface area contributed by atoms with Crippen LogP contribution in [0.25, 0.3) is 0 Å². The number of ether oxygens (including phenoxy) is 5. The minimum absolute atomic E-state index is 0.0766. The Bertz CT molecular complexity index is 1220. The quantitative estimate of drug-likeness (QED) is 0.177. The van der Waals surface area contributed by atoms with Crippen LogP contribution in [0.15, 0.2) is 42.5 Å². The summed E-state index contributed by atoms with van der Waals surface area (Å²) in [6.45, 7) is 7.61. The van der Waals surface area contributed by atoms with Crippen LogP contribution < -0.4 is 14.8 Å². The lowest BCUT2D eigenvalue weighted by Crippen LogP contribution is -2.50. The van der Waals surface area contributed by atoms with Gasteiger partial charge in [-0.2, -0.15) is 0 Å². The van der Waals surface area contributed by atoms with Gasteiger partial charge < -0.3 is 29.0 Å². The van der Waals surface area contributed by atoms with Crippen LogP contribution in [0.4, 0.5) is 16.2 Å². The molecule has 2 aromatic rings. The lowest BCUT2D eigenvalue weighted by molar-refractivity contribution is -0.384. The Kier molecular flexibility index (Phi) is 10.4. The predicted octanol–water partition coefficient (Wildman–Crippen LogP) is 5.23. The summed E-state index contributed by atoms with van der Waals surface area (Å²) in [5, 5.41) is 13.6. The monoisotopic (exact) mass is 558 g/mol. The van der Waals surface area contributed by atoms with Crippen LogP contribution in [0.5, 0.6) is 11.5 Å². The second-order valence-electron chi connectivity index (χ2n) is 9.66. The number of carbonyl (C=O) groups excluding carboxylic acids is 3. The number of nitrogens with one attached hydrogen (secondary N) is 1. The van der Waals surface area contributed by atoms with Crippen molar-refractivity contribution in [3.05, 3.63) is 58.1 Å². The predicted molar refractivity (Wildman–Crippen MR) is 143 cm³/mol. The lowest BCUT2D eigenvalue weighted by atomic mass is 9.79. The largest absolute Gasteiger partial charge is 0.514 e. The van der Waals surface area contributed by atoms with E-state index in [0.717, 1.165) is 0 Å². The molecule has 1 heterocycles. The summed E-state index contributed by atoms with van der Waals surface area (Å²) in [5.74, 6) is -0.385. The summed E-state index contributed by atoms with van der Waals surface area (Å²) in [5.41, 5.74) is 0.741. The molecule has 1 aliphatic rings. The molecule has 2 aromatic carbocycles. The number of hydrogen-bond donors (Lipinski definition) is 1. The number of methoxy groups -OCH3 is 1. The van der Waals surface area contributed by atoms with Gasteiger partial charge in [0.15, 0.2) is 6.10 Å². The second-order valence-corrected chi connectivity index (χ2v) is 9.66. The van der Waals surface area contributed by atoms with Gasteiger partial charge in [-0.1, -0.05) is 33.8 Å². The van der Waals surface area contributed by atoms with Crippen LogP contribution in [-0.4, -0.2) is 42.5 Å². The van der Waals surface area contributed by atoms with Crippen molar-refractivity contribution in [2.24, 2.45) is 17.8 Å². The number of hydrogen-bond acceptors (Lipinski definition) is 10. The normalized spacial score (nSPS) is 22.1. The Morgan fingerprint density at radius 2 is 1.73 bits per heavy atom. The number of benzene rings is 2. The average Bonchev–Trinajstić information content (AvgIpc) is 2.93. The lowest BCUT2D eigenvalue weighted by Gasteiger charge is -2.42. The highest BCUT2D eigenvalue weighted by atomic mass is 16.7. The molecule has 0 spiro atoms. The van der Waals surface area contributed by atoms with Crippen molar-refractivity contribution in [2.45, 2.75) is 59.5 Å². The van der Waals surface area contributed by atoms with Crippen molar-refractivity contribution >= 4 is 29.4 Å². The average molecular weight is 559 g/mol. The number of esters is 1. The van der Waals surface area contributed by atoms with E-state index in [4.69, 9.17) is 23.7 Å². The van der Waals surface area contributed by atoms with Gasteiger partial charge in [-0.15, -0.1) is 0 Å². The smallest absolute Gasteiger partial charge is 0.467 e. The van der Waals surface area contributed by atoms with Gasteiger partial charge in [0.1, 0.15) is 18.1 Å². The van der Waals surface area contributed by atoms with Crippen molar-refractivity contribution in [1.29, 1.82) is 0 Å². The Morgan fingerprint density at radius 1 is 1.02 bits per heavy atom. The maximum atomic E-state index is 12.4. The summed E-state index contributed by atoms with van der Waals surface area (Å²) in [7, 11) is 1.31. The summed E-state index contributed by atoms with van der Waals surface area (Å²) in [6, 6.07) is 9.87. The first-order valence-corrected chi connectivity index (χ1v) is 13.0. The van der Waals surface area contributed by atoms with E-state index in [1.165, 1.54) is 31.4 Å². The Morgan fingerprint density at radius 3 is 2.35 bits per heavy atom. The van der Waals surface area contributed by atoms with Crippen molar-refractivity contribution in [3.8, 4) is 11.5 Å². The van der Waals surface area contributed by atoms with Crippen molar-refractivity contribution < 1.29 is 43.0 Å². The standard InChI is InChI=1S/C28H34N2O10/c1-6-7-24(31)29-22-14-19(15-37-28(33)38-21-11-9-20(10-12-21)30(34)35)8-13-23(22)39-27-18(4)16(2)17(3)25(40-27)26(32)36-5/h8-14,16-18,25,27H,6-7,15H2,1-5H3,(H,29,31)/t16-,17-,18+,25-,27-/m0/s1. The zero-order valence-electron chi connectivity index (χ0n) is 23.1. The van der Waals surface area contributed by atoms with E-state index in [2.05, 4.69) is 5.32 Å². The zero-order valence-corrected chi connectivity index (χ0v) is 23.1. The van der Waals surface area contributed by atoms with Gasteiger partial charge in [-0.05, 0) is 48.1 Å². The van der Waals surface area contributed by atoms with E-state index in [9.17, 15) is 24.5 Å². The van der Waals surface area contributed by atoms with Crippen LogP contribution in [-0.2, 0) is 30.4 Å². The van der Waals surface area contributed by atoms with Crippen LogP contribution in [0.2, 0.25) is 0 Å². The number of anilines is 1. The highest BCUT2D eigenvalue weighted by Gasteiger charge is 2.44. The van der Waals surface area contributed by atoms with E-state index in [1.54, 1.807) is 18.2 Å². The summed E-state index contributed by atoms with van der Waals surface area (Å²) >= 11 is 0. The molecule has 1 fully saturated rings. The fraction of sp³-hybridized carbons (Fsp3) is 0.464. The van der Waals surface area contributed by atoms with E-state index < -0.39 is 29.4 Å². The minimum atomic E-state index is -1.01. The highest BCUT2D eigenvalue weighted by Crippen LogP contribution is 2.38. The Labute approximate surface area is 232 Å². The highest BCUT2D eigenvalue weighted by molar-refractivity contribution is 5.92. The molecule has 40 heavy (non-hydrogen) atoms. The Balaban J connectivity index is 1.73. The van der Waals surface area contributed by atoms with Gasteiger partial charge in [-0.3, -0.25) is 14.9 Å². The number of nitro groups is 1. The van der Waals surface area contributed by atoms with E-state index in [-0.39, 0.29) is 48.1 Å². The third kappa shape index (κ3) is 7.69. The fourth-order valence-electron chi connectivity index (χ4n) is 4.25. The van der Waals surface area contributed by atoms with Crippen LogP contribution in [0.3, 0.4) is 0 Å².